The van der Waals surface area contributed by atoms with E-state index in [2.05, 4.69) is 60.4 Å². The predicted molar refractivity (Wildman–Crippen MR) is 133 cm³/mol. The minimum atomic E-state index is -3.22. The molecule has 4 nitrogen and oxygen atoms in total. The highest BCUT2D eigenvalue weighted by Crippen LogP contribution is 2.65. The molecule has 0 amide bonds. The standard InChI is InChI=1S/C28H22NO3P/c1-15-5-9-19(10-6-15)29-20-11-7-17(3)24-26(20)33(30)27-21(29)12-8-18(4)25(27)32-23-14-16(2)13-22(31-24)28(23)33/h5-14H,1-4H3. The van der Waals surface area contributed by atoms with E-state index >= 15 is 4.57 Å². The van der Waals surface area contributed by atoms with Gasteiger partial charge in [0.2, 0.25) is 0 Å². The molecule has 0 unspecified atom stereocenters. The van der Waals surface area contributed by atoms with Crippen LogP contribution in [-0.2, 0) is 4.57 Å². The molecular formula is C28H22NO3P. The van der Waals surface area contributed by atoms with Gasteiger partial charge in [0.15, 0.2) is 7.14 Å². The lowest BCUT2D eigenvalue weighted by atomic mass is 10.1. The Morgan fingerprint density at radius 1 is 0.636 bits per heavy atom. The van der Waals surface area contributed by atoms with Crippen LogP contribution in [0, 0.1) is 27.7 Å². The molecule has 0 N–H and O–H groups in total. The van der Waals surface area contributed by atoms with Crippen LogP contribution in [0.5, 0.6) is 23.0 Å². The second kappa shape index (κ2) is 6.09. The molecule has 0 atom stereocenters. The van der Waals surface area contributed by atoms with Crippen LogP contribution in [0.1, 0.15) is 22.3 Å². The molecule has 0 spiro atoms. The van der Waals surface area contributed by atoms with Crippen LogP contribution < -0.4 is 30.3 Å². The Morgan fingerprint density at radius 3 is 1.67 bits per heavy atom. The second-order valence-corrected chi connectivity index (χ2v) is 11.8. The van der Waals surface area contributed by atoms with E-state index in [9.17, 15) is 0 Å². The summed E-state index contributed by atoms with van der Waals surface area (Å²) in [6.45, 7) is 8.13. The van der Waals surface area contributed by atoms with Crippen molar-refractivity contribution in [3.63, 3.8) is 0 Å². The van der Waals surface area contributed by atoms with Crippen LogP contribution in [0.15, 0.2) is 60.7 Å². The van der Waals surface area contributed by atoms with E-state index in [1.807, 2.05) is 32.9 Å². The topological polar surface area (TPSA) is 38.8 Å². The van der Waals surface area contributed by atoms with Gasteiger partial charge < -0.3 is 18.9 Å². The predicted octanol–water partition coefficient (Wildman–Crippen LogP) is 6.55. The molecule has 0 fully saturated rings. The number of hydrogen-bond acceptors (Lipinski definition) is 4. The summed E-state index contributed by atoms with van der Waals surface area (Å²) in [6, 6.07) is 20.7. The van der Waals surface area contributed by atoms with Crippen LogP contribution in [0.25, 0.3) is 0 Å². The average molecular weight is 451 g/mol. The molecule has 5 heteroatoms. The smallest absolute Gasteiger partial charge is 0.189 e. The molecule has 7 rings (SSSR count). The van der Waals surface area contributed by atoms with Crippen LogP contribution in [-0.4, -0.2) is 0 Å². The van der Waals surface area contributed by atoms with Gasteiger partial charge >= 0.3 is 0 Å². The lowest BCUT2D eigenvalue weighted by Gasteiger charge is -2.44. The van der Waals surface area contributed by atoms with Gasteiger partial charge in [-0.2, -0.15) is 0 Å². The van der Waals surface area contributed by atoms with Crippen molar-refractivity contribution in [2.75, 3.05) is 4.90 Å². The molecule has 3 heterocycles. The van der Waals surface area contributed by atoms with Crippen molar-refractivity contribution in [3.8, 4) is 23.0 Å². The van der Waals surface area contributed by atoms with E-state index in [1.165, 1.54) is 5.56 Å². The third-order valence-electron chi connectivity index (χ3n) is 6.94. The summed E-state index contributed by atoms with van der Waals surface area (Å²) in [4.78, 5) is 2.20. The van der Waals surface area contributed by atoms with E-state index in [0.717, 1.165) is 44.4 Å². The van der Waals surface area contributed by atoms with Crippen molar-refractivity contribution in [1.29, 1.82) is 0 Å². The number of ether oxygens (including phenoxy) is 2. The first kappa shape index (κ1) is 19.0. The van der Waals surface area contributed by atoms with Crippen LogP contribution in [0.4, 0.5) is 17.1 Å². The maximum atomic E-state index is 15.5. The summed E-state index contributed by atoms with van der Waals surface area (Å²) in [5.74, 6) is 2.69. The molecule has 3 aliphatic heterocycles. The Labute approximate surface area is 192 Å². The maximum Gasteiger partial charge on any atom is 0.189 e. The highest BCUT2D eigenvalue weighted by Gasteiger charge is 2.53. The Bertz CT molecular complexity index is 1500. The number of rotatable bonds is 1. The first-order valence-electron chi connectivity index (χ1n) is 11.1. The Balaban J connectivity index is 1.68. The normalized spacial score (nSPS) is 15.5. The third-order valence-corrected chi connectivity index (χ3v) is 10.1. The fourth-order valence-corrected chi connectivity index (χ4v) is 8.91. The molecule has 162 valence electrons. The molecule has 3 aliphatic rings. The lowest BCUT2D eigenvalue weighted by Crippen LogP contribution is -2.43. The molecule has 0 saturated heterocycles. The van der Waals surface area contributed by atoms with Crippen molar-refractivity contribution in [2.24, 2.45) is 0 Å². The van der Waals surface area contributed by atoms with E-state index in [0.29, 0.717) is 28.3 Å². The first-order valence-corrected chi connectivity index (χ1v) is 12.8. The number of hydrogen-bond donors (Lipinski definition) is 0. The zero-order chi connectivity index (χ0) is 22.6. The summed E-state index contributed by atoms with van der Waals surface area (Å²) >= 11 is 0. The zero-order valence-corrected chi connectivity index (χ0v) is 19.8. The SMILES string of the molecule is Cc1ccc(N2c3ccc(C)c4c3P3(=O)c5c(cc(C)cc5Oc5c(C)ccc2c53)O4)cc1. The molecule has 0 aromatic heterocycles. The number of anilines is 3. The van der Waals surface area contributed by atoms with Gasteiger partial charge in [-0.05, 0) is 80.8 Å². The number of benzene rings is 4. The van der Waals surface area contributed by atoms with E-state index in [1.54, 1.807) is 0 Å². The van der Waals surface area contributed by atoms with Crippen LogP contribution in [0.3, 0.4) is 0 Å². The van der Waals surface area contributed by atoms with Gasteiger partial charge in [-0.3, -0.25) is 0 Å². The van der Waals surface area contributed by atoms with Crippen molar-refractivity contribution in [3.05, 3.63) is 82.9 Å². The van der Waals surface area contributed by atoms with Gasteiger partial charge in [0.05, 0.1) is 22.0 Å². The Hall–Kier alpha value is -3.49. The van der Waals surface area contributed by atoms with E-state index in [-0.39, 0.29) is 0 Å². The molecule has 0 radical (unpaired) electrons. The maximum absolute atomic E-state index is 15.5. The number of aryl methyl sites for hydroxylation is 4. The van der Waals surface area contributed by atoms with Crippen LogP contribution >= 0.6 is 7.14 Å². The largest absolute Gasteiger partial charge is 0.455 e. The zero-order valence-electron chi connectivity index (χ0n) is 18.9. The van der Waals surface area contributed by atoms with Crippen molar-refractivity contribution < 1.29 is 14.0 Å². The molecule has 4 aromatic carbocycles. The first-order chi connectivity index (χ1) is 15.9. The lowest BCUT2D eigenvalue weighted by molar-refractivity contribution is 0.457. The molecule has 33 heavy (non-hydrogen) atoms. The molecule has 4 aromatic rings. The third kappa shape index (κ3) is 2.24. The summed E-state index contributed by atoms with van der Waals surface area (Å²) < 4.78 is 28.4. The monoisotopic (exact) mass is 451 g/mol. The van der Waals surface area contributed by atoms with Gasteiger partial charge in [-0.1, -0.05) is 29.8 Å². The molecule has 0 bridgehead atoms. The van der Waals surface area contributed by atoms with Crippen molar-refractivity contribution in [2.45, 2.75) is 27.7 Å². The minimum Gasteiger partial charge on any atom is -0.455 e. The van der Waals surface area contributed by atoms with Gasteiger partial charge in [0.1, 0.15) is 28.3 Å². The summed E-state index contributed by atoms with van der Waals surface area (Å²) in [5.41, 5.74) is 7.00. The van der Waals surface area contributed by atoms with E-state index in [4.69, 9.17) is 9.47 Å². The van der Waals surface area contributed by atoms with Gasteiger partial charge in [0, 0.05) is 5.69 Å². The van der Waals surface area contributed by atoms with Crippen molar-refractivity contribution in [1.82, 2.24) is 0 Å². The molecular weight excluding hydrogens is 429 g/mol. The quantitative estimate of drug-likeness (QED) is 0.265. The summed E-state index contributed by atoms with van der Waals surface area (Å²) in [7, 11) is -3.22. The van der Waals surface area contributed by atoms with Gasteiger partial charge in [-0.25, -0.2) is 0 Å². The fourth-order valence-electron chi connectivity index (χ4n) is 5.39. The Morgan fingerprint density at radius 2 is 1.15 bits per heavy atom. The van der Waals surface area contributed by atoms with Gasteiger partial charge in [-0.15, -0.1) is 0 Å². The van der Waals surface area contributed by atoms with E-state index < -0.39 is 7.14 Å². The molecule has 0 saturated carbocycles. The van der Waals surface area contributed by atoms with Crippen molar-refractivity contribution >= 4 is 40.1 Å². The fraction of sp³-hybridized carbons (Fsp3) is 0.143. The number of nitrogens with zero attached hydrogens (tertiary/aromatic N) is 1. The minimum absolute atomic E-state index is 0.642. The highest BCUT2D eigenvalue weighted by molar-refractivity contribution is 7.87. The summed E-state index contributed by atoms with van der Waals surface area (Å²) in [5, 5.41) is 2.25. The van der Waals surface area contributed by atoms with Crippen LogP contribution in [0.2, 0.25) is 0 Å². The second-order valence-electron chi connectivity index (χ2n) is 9.25. The van der Waals surface area contributed by atoms with Gasteiger partial charge in [0.25, 0.3) is 0 Å². The Kier molecular flexibility index (Phi) is 3.51. The summed E-state index contributed by atoms with van der Waals surface area (Å²) in [6.07, 6.45) is 0. The highest BCUT2D eigenvalue weighted by atomic mass is 31.2. The molecule has 0 aliphatic carbocycles. The average Bonchev–Trinajstić information content (AvgIpc) is 2.78.